The summed E-state index contributed by atoms with van der Waals surface area (Å²) in [6.45, 7) is 3.08. The first-order valence-corrected chi connectivity index (χ1v) is 15.0. The lowest BCUT2D eigenvalue weighted by Gasteiger charge is -2.36. The van der Waals surface area contributed by atoms with Gasteiger partial charge in [0.15, 0.2) is 0 Å². The molecule has 4 rings (SSSR count). The van der Waals surface area contributed by atoms with E-state index in [1.807, 2.05) is 13.1 Å². The number of carbonyl (C=O) groups is 2. The van der Waals surface area contributed by atoms with Crippen LogP contribution in [0.15, 0.2) is 72.8 Å². The van der Waals surface area contributed by atoms with E-state index < -0.39 is 11.9 Å². The monoisotopic (exact) mass is 590 g/mol. The number of rotatable bonds is 14. The number of nitrogens with zero attached hydrogens (tertiary/aromatic N) is 2. The Balaban J connectivity index is 1.23. The van der Waals surface area contributed by atoms with Crippen LogP contribution in [0.4, 0.5) is 5.69 Å². The molecule has 1 saturated carbocycles. The number of esters is 2. The number of nitriles is 1. The zero-order valence-electron chi connectivity index (χ0n) is 25.3. The van der Waals surface area contributed by atoms with Crippen LogP contribution in [0.5, 0.6) is 11.5 Å². The summed E-state index contributed by atoms with van der Waals surface area (Å²) < 4.78 is 16.6. The van der Waals surface area contributed by atoms with Crippen molar-refractivity contribution in [3.63, 3.8) is 0 Å². The minimum atomic E-state index is -0.481. The number of terminal acetylenes is 1. The van der Waals surface area contributed by atoms with Gasteiger partial charge in [0.1, 0.15) is 11.5 Å². The Labute approximate surface area is 260 Å². The average Bonchev–Trinajstić information content (AvgIpc) is 3.04. The molecule has 1 aliphatic carbocycles. The van der Waals surface area contributed by atoms with Gasteiger partial charge in [-0.15, -0.1) is 0 Å². The van der Waals surface area contributed by atoms with Crippen LogP contribution in [0.3, 0.4) is 0 Å². The molecule has 7 nitrogen and oxygen atoms in total. The minimum absolute atomic E-state index is 0.284. The Bertz CT molecular complexity index is 1530. The first kappa shape index (κ1) is 31.9. The van der Waals surface area contributed by atoms with E-state index in [2.05, 4.69) is 31.2 Å². The molecule has 1 aliphatic rings. The predicted octanol–water partition coefficient (Wildman–Crippen LogP) is 7.32. The van der Waals surface area contributed by atoms with Crippen molar-refractivity contribution in [2.75, 3.05) is 25.2 Å². The molecule has 7 heteroatoms. The van der Waals surface area contributed by atoms with Gasteiger partial charge in [-0.05, 0) is 109 Å². The SMILES string of the molecule is C#CN(C)c1ccc(CCOC(=O)/C=C/c2ccc(OC(=O)c3ccc(OCCCCC#N)cc3)cc2)c(C2CCC2C)c1. The highest BCUT2D eigenvalue weighted by Crippen LogP contribution is 2.44. The topological polar surface area (TPSA) is 88.9 Å². The number of carbonyl (C=O) groups excluding carboxylic acids is 2. The molecule has 3 aromatic carbocycles. The fraction of sp³-hybridized carbons (Fsp3) is 0.324. The fourth-order valence-electron chi connectivity index (χ4n) is 5.04. The number of hydrogen-bond donors (Lipinski definition) is 0. The number of anilines is 1. The van der Waals surface area contributed by atoms with Gasteiger partial charge in [-0.2, -0.15) is 5.26 Å². The summed E-state index contributed by atoms with van der Waals surface area (Å²) in [6, 6.07) is 24.6. The molecular weight excluding hydrogens is 552 g/mol. The van der Waals surface area contributed by atoms with Crippen LogP contribution in [0.25, 0.3) is 6.08 Å². The zero-order chi connectivity index (χ0) is 31.3. The van der Waals surface area contributed by atoms with E-state index in [0.29, 0.717) is 48.3 Å². The second kappa shape index (κ2) is 16.0. The molecule has 2 unspecified atom stereocenters. The van der Waals surface area contributed by atoms with Crippen molar-refractivity contribution in [3.05, 3.63) is 95.1 Å². The van der Waals surface area contributed by atoms with Gasteiger partial charge in [-0.3, -0.25) is 0 Å². The van der Waals surface area contributed by atoms with Gasteiger partial charge in [0.05, 0.1) is 24.8 Å². The van der Waals surface area contributed by atoms with Crippen molar-refractivity contribution in [1.82, 2.24) is 0 Å². The smallest absolute Gasteiger partial charge is 0.343 e. The number of unbranched alkanes of at least 4 members (excludes halogenated alkanes) is 2. The first-order chi connectivity index (χ1) is 21.4. The van der Waals surface area contributed by atoms with Gasteiger partial charge < -0.3 is 19.1 Å². The van der Waals surface area contributed by atoms with Crippen molar-refractivity contribution < 1.29 is 23.8 Å². The summed E-state index contributed by atoms with van der Waals surface area (Å²) in [5.74, 6) is 1.28. The van der Waals surface area contributed by atoms with Gasteiger partial charge in [0, 0.05) is 37.7 Å². The third kappa shape index (κ3) is 8.99. The molecule has 0 aliphatic heterocycles. The van der Waals surface area contributed by atoms with E-state index in [-0.39, 0.29) is 6.61 Å². The Morgan fingerprint density at radius 2 is 1.75 bits per heavy atom. The second-order valence-corrected chi connectivity index (χ2v) is 10.9. The summed E-state index contributed by atoms with van der Waals surface area (Å²) in [4.78, 5) is 26.7. The quantitative estimate of drug-likeness (QED) is 0.0485. The Kier molecular flexibility index (Phi) is 11.6. The van der Waals surface area contributed by atoms with Crippen LogP contribution in [0.1, 0.15) is 72.0 Å². The van der Waals surface area contributed by atoms with Crippen molar-refractivity contribution in [2.45, 2.75) is 51.4 Å². The third-order valence-electron chi connectivity index (χ3n) is 7.89. The molecular formula is C37H38N2O5. The second-order valence-electron chi connectivity index (χ2n) is 10.9. The van der Waals surface area contributed by atoms with Crippen LogP contribution in [-0.2, 0) is 16.0 Å². The molecule has 1 fully saturated rings. The van der Waals surface area contributed by atoms with E-state index in [1.54, 1.807) is 59.5 Å². The average molecular weight is 591 g/mol. The summed E-state index contributed by atoms with van der Waals surface area (Å²) in [5, 5.41) is 8.58. The lowest BCUT2D eigenvalue weighted by atomic mass is 9.69. The van der Waals surface area contributed by atoms with Gasteiger partial charge in [-0.25, -0.2) is 9.59 Å². The zero-order valence-corrected chi connectivity index (χ0v) is 25.3. The van der Waals surface area contributed by atoms with Crippen LogP contribution in [-0.4, -0.2) is 32.2 Å². The van der Waals surface area contributed by atoms with E-state index in [0.717, 1.165) is 30.5 Å². The molecule has 0 radical (unpaired) electrons. The molecule has 0 aromatic heterocycles. The van der Waals surface area contributed by atoms with Crippen molar-refractivity contribution in [3.8, 4) is 30.0 Å². The van der Waals surface area contributed by atoms with Gasteiger partial charge in [-0.1, -0.05) is 31.5 Å². The Morgan fingerprint density at radius 1 is 1.00 bits per heavy atom. The first-order valence-electron chi connectivity index (χ1n) is 15.0. The number of ether oxygens (including phenoxy) is 3. The van der Waals surface area contributed by atoms with E-state index >= 15 is 0 Å². The minimum Gasteiger partial charge on any atom is -0.494 e. The lowest BCUT2D eigenvalue weighted by molar-refractivity contribution is -0.137. The molecule has 0 N–H and O–H groups in total. The van der Waals surface area contributed by atoms with Crippen molar-refractivity contribution in [1.29, 1.82) is 5.26 Å². The summed E-state index contributed by atoms with van der Waals surface area (Å²) in [5.41, 5.74) is 4.64. The molecule has 0 heterocycles. The Hall–Kier alpha value is -5.01. The largest absolute Gasteiger partial charge is 0.494 e. The van der Waals surface area contributed by atoms with Crippen LogP contribution in [0, 0.1) is 29.7 Å². The van der Waals surface area contributed by atoms with Crippen molar-refractivity contribution in [2.24, 2.45) is 5.92 Å². The van der Waals surface area contributed by atoms with Gasteiger partial charge in [0.25, 0.3) is 0 Å². The summed E-state index contributed by atoms with van der Waals surface area (Å²) >= 11 is 0. The predicted molar refractivity (Wildman–Crippen MR) is 171 cm³/mol. The fourth-order valence-corrected chi connectivity index (χ4v) is 5.04. The molecule has 44 heavy (non-hydrogen) atoms. The van der Waals surface area contributed by atoms with Crippen LogP contribution in [0.2, 0.25) is 0 Å². The van der Waals surface area contributed by atoms with Gasteiger partial charge >= 0.3 is 11.9 Å². The normalized spacial score (nSPS) is 15.5. The number of hydrogen-bond acceptors (Lipinski definition) is 7. The highest BCUT2D eigenvalue weighted by molar-refractivity contribution is 5.91. The molecule has 0 saturated heterocycles. The third-order valence-corrected chi connectivity index (χ3v) is 7.89. The molecule has 2 atom stereocenters. The highest BCUT2D eigenvalue weighted by atomic mass is 16.5. The summed E-state index contributed by atoms with van der Waals surface area (Å²) in [7, 11) is 1.87. The van der Waals surface area contributed by atoms with Crippen molar-refractivity contribution >= 4 is 23.7 Å². The van der Waals surface area contributed by atoms with Gasteiger partial charge in [0.2, 0.25) is 0 Å². The van der Waals surface area contributed by atoms with E-state index in [4.69, 9.17) is 25.9 Å². The maximum atomic E-state index is 12.5. The molecule has 226 valence electrons. The Morgan fingerprint density at radius 3 is 2.41 bits per heavy atom. The molecule has 0 amide bonds. The van der Waals surface area contributed by atoms with Crippen LogP contribution >= 0.6 is 0 Å². The maximum absolute atomic E-state index is 12.5. The summed E-state index contributed by atoms with van der Waals surface area (Å²) in [6.07, 6.45) is 13.8. The molecule has 0 bridgehead atoms. The standard InChI is InChI=1S/C37H38N2O5/c1-4-39(3)31-15-12-29(35(26-31)34-20-8-27(34)2)22-25-43-36(40)21-11-28-9-16-33(17-10-28)44-37(41)30-13-18-32(19-14-30)42-24-7-5-6-23-38/h1,9-19,21,26-27,34H,5-8,20,22,24-25H2,2-3H3/b21-11+. The number of benzene rings is 3. The highest BCUT2D eigenvalue weighted by Gasteiger charge is 2.30. The molecule has 3 aromatic rings. The molecule has 0 spiro atoms. The van der Waals surface area contributed by atoms with E-state index in [1.165, 1.54) is 23.6 Å². The van der Waals surface area contributed by atoms with Crippen LogP contribution < -0.4 is 14.4 Å². The lowest BCUT2D eigenvalue weighted by Crippen LogP contribution is -2.23. The van der Waals surface area contributed by atoms with E-state index in [9.17, 15) is 9.59 Å². The maximum Gasteiger partial charge on any atom is 0.343 e.